The summed E-state index contributed by atoms with van der Waals surface area (Å²) in [7, 11) is 0. The highest BCUT2D eigenvalue weighted by Gasteiger charge is 2.03. The van der Waals surface area contributed by atoms with Crippen molar-refractivity contribution in [1.29, 1.82) is 0 Å². The van der Waals surface area contributed by atoms with Crippen LogP contribution in [-0.2, 0) is 13.1 Å². The lowest BCUT2D eigenvalue weighted by atomic mass is 10.2. The molecule has 3 nitrogen and oxygen atoms in total. The van der Waals surface area contributed by atoms with E-state index >= 15 is 0 Å². The van der Waals surface area contributed by atoms with E-state index in [4.69, 9.17) is 0 Å². The van der Waals surface area contributed by atoms with Gasteiger partial charge in [0.25, 0.3) is 0 Å². The summed E-state index contributed by atoms with van der Waals surface area (Å²) in [5.41, 5.74) is 1.26. The van der Waals surface area contributed by atoms with E-state index < -0.39 is 0 Å². The van der Waals surface area contributed by atoms with Crippen LogP contribution in [0.2, 0.25) is 0 Å². The van der Waals surface area contributed by atoms with Crippen LogP contribution in [0.15, 0.2) is 53.4 Å². The third-order valence-electron chi connectivity index (χ3n) is 2.89. The largest absolute Gasteiger partial charge is 0.346 e. The average Bonchev–Trinajstić information content (AvgIpc) is 2.95. The molecule has 0 spiro atoms. The molecular formula is C13H12BrN3. The number of aryl methyl sites for hydroxylation is 2. The first kappa shape index (κ1) is 10.6. The molecule has 0 aliphatic carbocycles. The van der Waals surface area contributed by atoms with Gasteiger partial charge in [-0.25, -0.2) is 0 Å². The van der Waals surface area contributed by atoms with Gasteiger partial charge in [0.1, 0.15) is 0 Å². The Balaban J connectivity index is 1.88. The van der Waals surface area contributed by atoms with Crippen LogP contribution in [0.3, 0.4) is 0 Å². The van der Waals surface area contributed by atoms with Crippen LogP contribution in [-0.4, -0.2) is 14.3 Å². The molecule has 0 bridgehead atoms. The number of nitrogens with zero attached hydrogens (tertiary/aromatic N) is 3. The number of hydrogen-bond acceptors (Lipinski definition) is 1. The Bertz CT molecular complexity index is 625. The summed E-state index contributed by atoms with van der Waals surface area (Å²) in [6.45, 7) is 1.82. The summed E-state index contributed by atoms with van der Waals surface area (Å²) in [5, 5.41) is 5.46. The molecule has 1 aromatic carbocycles. The molecule has 0 radical (unpaired) electrons. The monoisotopic (exact) mass is 289 g/mol. The minimum Gasteiger partial charge on any atom is -0.346 e. The van der Waals surface area contributed by atoms with Crippen LogP contribution in [0.4, 0.5) is 0 Å². The van der Waals surface area contributed by atoms with Crippen molar-refractivity contribution in [2.24, 2.45) is 0 Å². The minimum atomic E-state index is 0.892. The third kappa shape index (κ3) is 2.00. The molecule has 0 saturated carbocycles. The maximum atomic E-state index is 4.21. The van der Waals surface area contributed by atoms with Crippen LogP contribution in [0, 0.1) is 0 Å². The predicted molar refractivity (Wildman–Crippen MR) is 71.9 cm³/mol. The predicted octanol–water partition coefficient (Wildman–Crippen LogP) is 3.30. The SMILES string of the molecule is Brc1cccc2c1ccn2CCn1cccn1. The van der Waals surface area contributed by atoms with Gasteiger partial charge >= 0.3 is 0 Å². The number of aromatic nitrogens is 3. The van der Waals surface area contributed by atoms with E-state index in [1.807, 2.05) is 23.1 Å². The van der Waals surface area contributed by atoms with Gasteiger partial charge in [-0.15, -0.1) is 0 Å². The highest BCUT2D eigenvalue weighted by Crippen LogP contribution is 2.24. The van der Waals surface area contributed by atoms with Crippen LogP contribution >= 0.6 is 15.9 Å². The molecule has 0 N–H and O–H groups in total. The van der Waals surface area contributed by atoms with Gasteiger partial charge in [-0.1, -0.05) is 22.0 Å². The fourth-order valence-corrected chi connectivity index (χ4v) is 2.51. The lowest BCUT2D eigenvalue weighted by Crippen LogP contribution is -2.06. The first-order valence-corrected chi connectivity index (χ1v) is 6.35. The lowest BCUT2D eigenvalue weighted by Gasteiger charge is -2.06. The molecule has 2 aromatic heterocycles. The van der Waals surface area contributed by atoms with Crippen LogP contribution in [0.25, 0.3) is 10.9 Å². The number of halogens is 1. The summed E-state index contributed by atoms with van der Waals surface area (Å²) in [6.07, 6.45) is 5.92. The zero-order chi connectivity index (χ0) is 11.7. The fraction of sp³-hybridized carbons (Fsp3) is 0.154. The van der Waals surface area contributed by atoms with E-state index in [1.165, 1.54) is 10.9 Å². The summed E-state index contributed by atoms with van der Waals surface area (Å²) < 4.78 is 5.35. The Kier molecular flexibility index (Phi) is 2.73. The molecule has 0 amide bonds. The number of hydrogen-bond donors (Lipinski definition) is 0. The van der Waals surface area contributed by atoms with Crippen molar-refractivity contribution >= 4 is 26.8 Å². The van der Waals surface area contributed by atoms with E-state index in [9.17, 15) is 0 Å². The lowest BCUT2D eigenvalue weighted by molar-refractivity contribution is 0.543. The molecule has 0 saturated heterocycles. The highest BCUT2D eigenvalue weighted by atomic mass is 79.9. The van der Waals surface area contributed by atoms with Crippen molar-refractivity contribution < 1.29 is 0 Å². The van der Waals surface area contributed by atoms with Gasteiger partial charge in [0.2, 0.25) is 0 Å². The van der Waals surface area contributed by atoms with Gasteiger partial charge in [0.15, 0.2) is 0 Å². The Hall–Kier alpha value is -1.55. The second-order valence-electron chi connectivity index (χ2n) is 3.95. The first-order chi connectivity index (χ1) is 8.34. The zero-order valence-electron chi connectivity index (χ0n) is 9.25. The number of benzene rings is 1. The Morgan fingerprint density at radius 1 is 1.06 bits per heavy atom. The average molecular weight is 290 g/mol. The molecule has 86 valence electrons. The molecule has 0 fully saturated rings. The van der Waals surface area contributed by atoms with Crippen LogP contribution in [0.5, 0.6) is 0 Å². The molecule has 3 aromatic rings. The minimum absolute atomic E-state index is 0.892. The molecule has 0 aliphatic heterocycles. The van der Waals surface area contributed by atoms with Crippen molar-refractivity contribution in [1.82, 2.24) is 14.3 Å². The van der Waals surface area contributed by atoms with E-state index in [2.05, 4.69) is 56.1 Å². The highest BCUT2D eigenvalue weighted by molar-refractivity contribution is 9.10. The normalized spacial score (nSPS) is 11.1. The summed E-state index contributed by atoms with van der Waals surface area (Å²) in [4.78, 5) is 0. The maximum absolute atomic E-state index is 4.21. The molecule has 3 rings (SSSR count). The Labute approximate surface area is 108 Å². The van der Waals surface area contributed by atoms with Crippen molar-refractivity contribution in [3.05, 3.63) is 53.4 Å². The zero-order valence-corrected chi connectivity index (χ0v) is 10.8. The van der Waals surface area contributed by atoms with Gasteiger partial charge in [-0.05, 0) is 24.3 Å². The molecule has 0 unspecified atom stereocenters. The van der Waals surface area contributed by atoms with Crippen molar-refractivity contribution in [3.8, 4) is 0 Å². The number of fused-ring (bicyclic) bond motifs is 1. The van der Waals surface area contributed by atoms with Gasteiger partial charge in [0, 0.05) is 40.5 Å². The topological polar surface area (TPSA) is 22.8 Å². The molecule has 2 heterocycles. The first-order valence-electron chi connectivity index (χ1n) is 5.55. The van der Waals surface area contributed by atoms with Crippen LogP contribution in [0.1, 0.15) is 0 Å². The standard InChI is InChI=1S/C13H12BrN3/c14-12-3-1-4-13-11(12)5-8-16(13)9-10-17-7-2-6-15-17/h1-8H,9-10H2. The second-order valence-corrected chi connectivity index (χ2v) is 4.81. The quantitative estimate of drug-likeness (QED) is 0.725. The summed E-state index contributed by atoms with van der Waals surface area (Å²) in [6, 6.07) is 10.4. The van der Waals surface area contributed by atoms with Crippen LogP contribution < -0.4 is 0 Å². The Morgan fingerprint density at radius 3 is 2.82 bits per heavy atom. The fourth-order valence-electron chi connectivity index (χ4n) is 2.02. The maximum Gasteiger partial charge on any atom is 0.0588 e. The summed E-state index contributed by atoms with van der Waals surface area (Å²) >= 11 is 3.57. The van der Waals surface area contributed by atoms with E-state index in [0.717, 1.165) is 17.6 Å². The third-order valence-corrected chi connectivity index (χ3v) is 3.58. The van der Waals surface area contributed by atoms with E-state index in [0.29, 0.717) is 0 Å². The van der Waals surface area contributed by atoms with Gasteiger partial charge in [-0.3, -0.25) is 4.68 Å². The molecule has 4 heteroatoms. The van der Waals surface area contributed by atoms with E-state index in [-0.39, 0.29) is 0 Å². The second kappa shape index (κ2) is 4.37. The summed E-state index contributed by atoms with van der Waals surface area (Å²) in [5.74, 6) is 0. The Morgan fingerprint density at radius 2 is 2.00 bits per heavy atom. The molecular weight excluding hydrogens is 278 g/mol. The molecule has 0 atom stereocenters. The van der Waals surface area contributed by atoms with Gasteiger partial charge < -0.3 is 4.57 Å². The molecule has 17 heavy (non-hydrogen) atoms. The smallest absolute Gasteiger partial charge is 0.0588 e. The van der Waals surface area contributed by atoms with Crippen molar-refractivity contribution in [3.63, 3.8) is 0 Å². The van der Waals surface area contributed by atoms with E-state index in [1.54, 1.807) is 0 Å². The van der Waals surface area contributed by atoms with Gasteiger partial charge in [-0.2, -0.15) is 5.10 Å². The number of rotatable bonds is 3. The van der Waals surface area contributed by atoms with Crippen molar-refractivity contribution in [2.45, 2.75) is 13.1 Å². The molecule has 0 aliphatic rings. The van der Waals surface area contributed by atoms with Gasteiger partial charge in [0.05, 0.1) is 6.54 Å². The van der Waals surface area contributed by atoms with Crippen molar-refractivity contribution in [2.75, 3.05) is 0 Å².